The molecule has 1 heterocycles. The smallest absolute Gasteiger partial charge is 0.437 e. The molecule has 1 aromatic carbocycles. The molecule has 0 radical (unpaired) electrons. The molecule has 0 aliphatic rings. The fourth-order valence-corrected chi connectivity index (χ4v) is 5.99. The summed E-state index contributed by atoms with van der Waals surface area (Å²) in [6.07, 6.45) is -2.03. The average Bonchev–Trinajstić information content (AvgIpc) is 3.58. The summed E-state index contributed by atoms with van der Waals surface area (Å²) in [5.74, 6) is -0.268. The molecule has 0 aliphatic heterocycles. The number of hydrogen-bond acceptors (Lipinski definition) is 15. The Morgan fingerprint density at radius 2 is 1.08 bits per heavy atom. The van der Waals surface area contributed by atoms with Crippen molar-refractivity contribution in [3.63, 3.8) is 0 Å². The lowest BCUT2D eigenvalue weighted by Crippen LogP contribution is -2.53. The number of alkyl carbamates (subject to hydrolysis) is 2. The number of carbonyl (C=O) groups is 5. The third kappa shape index (κ3) is 23.1. The lowest BCUT2D eigenvalue weighted by Gasteiger charge is -2.34. The van der Waals surface area contributed by atoms with E-state index in [-0.39, 0.29) is 43.7 Å². The third-order valence-electron chi connectivity index (χ3n) is 7.57. The summed E-state index contributed by atoms with van der Waals surface area (Å²) >= 11 is 1.34. The van der Waals surface area contributed by atoms with Crippen molar-refractivity contribution in [1.82, 2.24) is 25.4 Å². The summed E-state index contributed by atoms with van der Waals surface area (Å²) in [5.41, 5.74) is -3.66. The minimum atomic E-state index is -1.05. The van der Waals surface area contributed by atoms with Gasteiger partial charge in [0.15, 0.2) is 5.84 Å². The van der Waals surface area contributed by atoms with Gasteiger partial charge in [0.05, 0.1) is 11.6 Å². The number of unbranched alkanes of at least 4 members (excludes halogenated alkanes) is 2. The zero-order chi connectivity index (χ0) is 49.6. The van der Waals surface area contributed by atoms with Crippen molar-refractivity contribution in [3.8, 4) is 5.75 Å². The fraction of sp³-hybridized carbons (Fsp3) is 0.622. The van der Waals surface area contributed by atoms with Crippen molar-refractivity contribution < 1.29 is 52.4 Å². The second kappa shape index (κ2) is 23.4. The number of guanidine groups is 1. The molecule has 0 saturated carbocycles. The maximum Gasteiger partial charge on any atom is 0.437 e. The molecule has 0 spiro atoms. The minimum Gasteiger partial charge on any atom is -0.494 e. The molecule has 2 aromatic rings. The number of benzene rings is 1. The molecule has 362 valence electrons. The van der Waals surface area contributed by atoms with Crippen molar-refractivity contribution in [2.75, 3.05) is 19.7 Å². The summed E-state index contributed by atoms with van der Waals surface area (Å²) in [5, 5.41) is 23.7. The molecule has 0 fully saturated rings. The van der Waals surface area contributed by atoms with Gasteiger partial charge in [-0.15, -0.1) is 16.3 Å². The van der Waals surface area contributed by atoms with Crippen LogP contribution in [0.2, 0.25) is 0 Å². The van der Waals surface area contributed by atoms with Crippen LogP contribution in [0.15, 0.2) is 34.6 Å². The van der Waals surface area contributed by atoms with Crippen molar-refractivity contribution in [1.29, 1.82) is 10.8 Å². The topological polar surface area (TPSA) is 244 Å². The van der Waals surface area contributed by atoms with Crippen LogP contribution in [0.4, 0.5) is 24.0 Å². The Labute approximate surface area is 387 Å². The third-order valence-corrected chi connectivity index (χ3v) is 8.47. The van der Waals surface area contributed by atoms with E-state index in [4.69, 9.17) is 39.2 Å². The number of nitrogens with one attached hydrogen (secondary N) is 4. The highest BCUT2D eigenvalue weighted by molar-refractivity contribution is 7.09. The molecule has 1 aromatic heterocycles. The summed E-state index contributed by atoms with van der Waals surface area (Å²) in [6.45, 7) is 25.3. The fourth-order valence-electron chi connectivity index (χ4n) is 5.15. The van der Waals surface area contributed by atoms with Crippen molar-refractivity contribution in [2.24, 2.45) is 4.99 Å². The quantitative estimate of drug-likeness (QED) is 0.0635. The Kier molecular flexibility index (Phi) is 19.9. The molecule has 65 heavy (non-hydrogen) atoms. The molecule has 20 heteroatoms. The van der Waals surface area contributed by atoms with E-state index in [1.807, 2.05) is 0 Å². The van der Waals surface area contributed by atoms with Gasteiger partial charge in [-0.1, -0.05) is 6.42 Å². The van der Waals surface area contributed by atoms with Gasteiger partial charge in [-0.3, -0.25) is 21.5 Å². The van der Waals surface area contributed by atoms with Gasteiger partial charge in [-0.2, -0.15) is 0 Å². The molecule has 19 nitrogen and oxygen atoms in total. The van der Waals surface area contributed by atoms with Gasteiger partial charge < -0.3 is 28.4 Å². The van der Waals surface area contributed by atoms with Crippen LogP contribution < -0.4 is 15.4 Å². The Bertz CT molecular complexity index is 2000. The average molecular weight is 931 g/mol. The van der Waals surface area contributed by atoms with Gasteiger partial charge in [0.1, 0.15) is 45.3 Å². The van der Waals surface area contributed by atoms with Crippen LogP contribution in [-0.4, -0.2) is 111 Å². The van der Waals surface area contributed by atoms with Crippen LogP contribution in [0.25, 0.3) is 0 Å². The predicted molar refractivity (Wildman–Crippen MR) is 248 cm³/mol. The summed E-state index contributed by atoms with van der Waals surface area (Å²) in [7, 11) is 0. The first-order valence-electron chi connectivity index (χ1n) is 21.4. The van der Waals surface area contributed by atoms with Gasteiger partial charge in [-0.05, 0) is 154 Å². The number of aromatic nitrogens is 1. The van der Waals surface area contributed by atoms with Crippen LogP contribution in [-0.2, 0) is 30.1 Å². The normalized spacial score (nSPS) is 12.3. The van der Waals surface area contributed by atoms with E-state index in [1.54, 1.807) is 134 Å². The van der Waals surface area contributed by atoms with Crippen molar-refractivity contribution in [3.05, 3.63) is 45.9 Å². The Morgan fingerprint density at radius 3 is 1.55 bits per heavy atom. The number of thiazole rings is 1. The molecule has 0 unspecified atom stereocenters. The number of ether oxygens (including phenoxy) is 6. The number of amidine groups is 2. The Morgan fingerprint density at radius 1 is 0.615 bits per heavy atom. The molecular formula is C45H70N8O11S. The number of carbonyl (C=O) groups excluding carboxylic acids is 5. The van der Waals surface area contributed by atoms with Crippen LogP contribution in [0.5, 0.6) is 5.75 Å². The number of nitrogens with zero attached hydrogens (tertiary/aromatic N) is 4. The molecule has 0 atom stereocenters. The van der Waals surface area contributed by atoms with Gasteiger partial charge in [0.25, 0.3) is 0 Å². The number of hydrogen-bond donors (Lipinski definition) is 4. The minimum absolute atomic E-state index is 0.0238. The van der Waals surface area contributed by atoms with Crippen LogP contribution in [0, 0.1) is 10.8 Å². The van der Waals surface area contributed by atoms with E-state index in [0.717, 1.165) is 14.8 Å². The molecule has 5 amide bonds. The highest BCUT2D eigenvalue weighted by Gasteiger charge is 2.35. The number of aliphatic imine (C=N–C) groups is 1. The summed E-state index contributed by atoms with van der Waals surface area (Å²) in [4.78, 5) is 76.7. The second-order valence-corrected chi connectivity index (χ2v) is 20.8. The first kappa shape index (κ1) is 55.3. The number of aryl methyl sites for hydroxylation is 1. The van der Waals surface area contributed by atoms with E-state index in [0.29, 0.717) is 42.7 Å². The first-order valence-corrected chi connectivity index (χ1v) is 22.3. The second-order valence-electron chi connectivity index (χ2n) is 19.8. The maximum atomic E-state index is 14.0. The summed E-state index contributed by atoms with van der Waals surface area (Å²) < 4.78 is 33.5. The van der Waals surface area contributed by atoms with Gasteiger partial charge in [0, 0.05) is 24.0 Å². The van der Waals surface area contributed by atoms with Crippen molar-refractivity contribution in [2.45, 2.75) is 164 Å². The highest BCUT2D eigenvalue weighted by atomic mass is 32.1. The van der Waals surface area contributed by atoms with E-state index in [1.165, 1.54) is 11.3 Å². The van der Waals surface area contributed by atoms with Crippen LogP contribution in [0.1, 0.15) is 146 Å². The SMILES string of the molecule is CC(C)(C)OC(=O)N=C(N(CCCCCc1nc(C(=N)NC(=O)OC(C)(C)C)cs1)C(=O)OC(C)(C)C)N(CCCOc1ccc(C(=N)NC(=O)OC(C)(C)C)cc1)C(=O)OC(C)(C)C. The molecule has 4 N–H and O–H groups in total. The molecule has 0 aliphatic carbocycles. The molecule has 0 saturated heterocycles. The monoisotopic (exact) mass is 930 g/mol. The Hall–Kier alpha value is -5.79. The highest BCUT2D eigenvalue weighted by Crippen LogP contribution is 2.20. The molecule has 0 bridgehead atoms. The van der Waals surface area contributed by atoms with Crippen LogP contribution >= 0.6 is 11.3 Å². The van der Waals surface area contributed by atoms with E-state index in [9.17, 15) is 24.0 Å². The Balaban J connectivity index is 2.35. The molecule has 2 rings (SSSR count). The largest absolute Gasteiger partial charge is 0.494 e. The molecular weight excluding hydrogens is 861 g/mol. The van der Waals surface area contributed by atoms with E-state index >= 15 is 0 Å². The number of amides is 5. The van der Waals surface area contributed by atoms with Gasteiger partial charge in [0.2, 0.25) is 5.96 Å². The first-order chi connectivity index (χ1) is 29.7. The zero-order valence-corrected chi connectivity index (χ0v) is 41.5. The summed E-state index contributed by atoms with van der Waals surface area (Å²) in [6, 6.07) is 6.43. The van der Waals surface area contributed by atoms with Gasteiger partial charge >= 0.3 is 30.5 Å². The van der Waals surface area contributed by atoms with E-state index in [2.05, 4.69) is 20.6 Å². The predicted octanol–water partition coefficient (Wildman–Crippen LogP) is 9.79. The number of rotatable bonds is 13. The lowest BCUT2D eigenvalue weighted by atomic mass is 10.2. The van der Waals surface area contributed by atoms with Crippen molar-refractivity contribution >= 4 is 59.4 Å². The maximum absolute atomic E-state index is 14.0. The van der Waals surface area contributed by atoms with Gasteiger partial charge in [-0.25, -0.2) is 38.8 Å². The zero-order valence-electron chi connectivity index (χ0n) is 40.7. The lowest BCUT2D eigenvalue weighted by molar-refractivity contribution is 0.0268. The standard InChI is InChI=1S/C45H70N8O11S/c1-41(2,3)60-36(54)49-33(46)29-21-23-30(24-22-29)59-27-19-26-53(40(58)64-45(13,14)15)35(51-38(56)62-43(7,8)9)52(39(57)63-44(10,11)12)25-18-16-17-20-32-48-31(28-65-32)34(47)50-37(55)61-42(4,5)6/h21-24,28H,16-20,25-27H2,1-15H3,(H2,46,49,54)(H2,47,50,55). The van der Waals surface area contributed by atoms with Crippen LogP contribution in [0.3, 0.4) is 0 Å². The van der Waals surface area contributed by atoms with E-state index < -0.39 is 58.5 Å².